The highest BCUT2D eigenvalue weighted by Crippen LogP contribution is 2.42. The molecule has 1 spiro atoms. The van der Waals surface area contributed by atoms with Crippen molar-refractivity contribution < 1.29 is 18.8 Å². The number of amides is 3. The second-order valence-corrected chi connectivity index (χ2v) is 11.3. The molecule has 10 heteroatoms. The van der Waals surface area contributed by atoms with E-state index in [0.29, 0.717) is 55.1 Å². The number of halogens is 1. The molecule has 0 saturated carbocycles. The molecule has 2 aromatic rings. The van der Waals surface area contributed by atoms with Crippen molar-refractivity contribution in [3.63, 3.8) is 0 Å². The van der Waals surface area contributed by atoms with Crippen LogP contribution in [0.3, 0.4) is 0 Å². The molecule has 0 radical (unpaired) electrons. The van der Waals surface area contributed by atoms with Crippen LogP contribution in [0.1, 0.15) is 48.9 Å². The van der Waals surface area contributed by atoms with E-state index in [9.17, 15) is 18.8 Å². The zero-order valence-electron chi connectivity index (χ0n) is 19.7. The van der Waals surface area contributed by atoms with Crippen LogP contribution in [-0.2, 0) is 9.59 Å². The van der Waals surface area contributed by atoms with Gasteiger partial charge in [0.05, 0.1) is 10.6 Å². The van der Waals surface area contributed by atoms with Gasteiger partial charge < -0.3 is 10.6 Å². The molecule has 8 nitrogen and oxygen atoms in total. The van der Waals surface area contributed by atoms with Crippen LogP contribution < -0.4 is 5.73 Å². The van der Waals surface area contributed by atoms with E-state index in [1.165, 1.54) is 23.5 Å². The number of hydrogen-bond donors (Lipinski definition) is 1. The van der Waals surface area contributed by atoms with Crippen LogP contribution >= 0.6 is 11.3 Å². The van der Waals surface area contributed by atoms with E-state index in [0.717, 1.165) is 43.3 Å². The summed E-state index contributed by atoms with van der Waals surface area (Å²) >= 11 is 1.31. The van der Waals surface area contributed by atoms with Gasteiger partial charge in [-0.1, -0.05) is 0 Å². The summed E-state index contributed by atoms with van der Waals surface area (Å²) in [6.45, 7) is 3.74. The Labute approximate surface area is 207 Å². The molecule has 2 N–H and O–H groups in total. The topological polar surface area (TPSA) is 90.2 Å². The van der Waals surface area contributed by atoms with Crippen molar-refractivity contribution in [3.8, 4) is 0 Å². The van der Waals surface area contributed by atoms with E-state index in [1.54, 1.807) is 21.0 Å². The number of hydrogen-bond acceptors (Lipinski definition) is 6. The van der Waals surface area contributed by atoms with Crippen molar-refractivity contribution >= 4 is 44.1 Å². The maximum Gasteiger partial charge on any atom is 0.258 e. The number of thiophene rings is 1. The first kappa shape index (κ1) is 22.7. The van der Waals surface area contributed by atoms with E-state index in [2.05, 4.69) is 4.90 Å². The van der Waals surface area contributed by atoms with E-state index >= 15 is 0 Å². The maximum absolute atomic E-state index is 13.8. The summed E-state index contributed by atoms with van der Waals surface area (Å²) in [6, 6.07) is 4.65. The Morgan fingerprint density at radius 2 is 1.69 bits per heavy atom. The van der Waals surface area contributed by atoms with Gasteiger partial charge in [0.15, 0.2) is 0 Å². The normalized spacial score (nSPS) is 23.5. The van der Waals surface area contributed by atoms with Crippen LogP contribution in [-0.4, -0.2) is 82.8 Å². The third-order valence-electron chi connectivity index (χ3n) is 8.25. The fourth-order valence-corrected chi connectivity index (χ4v) is 7.37. The summed E-state index contributed by atoms with van der Waals surface area (Å²) in [4.78, 5) is 44.1. The number of rotatable bonds is 2. The highest BCUT2D eigenvalue weighted by atomic mass is 32.1. The number of fused-ring (bicyclic) bond motifs is 2. The third-order valence-corrected chi connectivity index (χ3v) is 9.25. The molecule has 186 valence electrons. The molecule has 5 heterocycles. The van der Waals surface area contributed by atoms with Gasteiger partial charge in [0.2, 0.25) is 0 Å². The molecule has 4 saturated heterocycles. The molecular weight excluding hydrogens is 469 g/mol. The highest BCUT2D eigenvalue weighted by Gasteiger charge is 2.60. The largest absolute Gasteiger partial charge is 0.390 e. The number of nitrogens with two attached hydrogens (primary N) is 1. The number of carbonyl (C=O) groups is 3. The minimum Gasteiger partial charge on any atom is -0.390 e. The Hall–Kier alpha value is -2.72. The van der Waals surface area contributed by atoms with E-state index in [1.807, 2.05) is 0 Å². The van der Waals surface area contributed by atoms with Gasteiger partial charge in [0.25, 0.3) is 17.7 Å². The highest BCUT2D eigenvalue weighted by molar-refractivity contribution is 7.23. The lowest BCUT2D eigenvalue weighted by Gasteiger charge is -2.44. The summed E-state index contributed by atoms with van der Waals surface area (Å²) in [5.41, 5.74) is 5.62. The van der Waals surface area contributed by atoms with E-state index < -0.39 is 5.41 Å². The van der Waals surface area contributed by atoms with Crippen LogP contribution in [0.4, 0.5) is 9.39 Å². The summed E-state index contributed by atoms with van der Waals surface area (Å²) in [5, 5.41) is 4.37. The van der Waals surface area contributed by atoms with Crippen molar-refractivity contribution in [1.82, 2.24) is 19.8 Å². The molecular formula is C25H30FN5O3S. The number of piperidine rings is 2. The van der Waals surface area contributed by atoms with E-state index in [4.69, 9.17) is 5.73 Å². The van der Waals surface area contributed by atoms with Crippen molar-refractivity contribution in [3.05, 3.63) is 29.6 Å². The molecule has 0 aliphatic carbocycles. The number of carbonyl (C=O) groups excluding carboxylic acids is 3. The molecule has 0 bridgehead atoms. The zero-order valence-corrected chi connectivity index (χ0v) is 20.5. The fraction of sp³-hybridized carbons (Fsp3) is 0.560. The number of hydrazine groups is 1. The van der Waals surface area contributed by atoms with Gasteiger partial charge in [-0.25, -0.2) is 4.39 Å². The monoisotopic (exact) mass is 499 g/mol. The first-order valence-electron chi connectivity index (χ1n) is 12.5. The molecule has 6 rings (SSSR count). The summed E-state index contributed by atoms with van der Waals surface area (Å²) in [6.07, 6.45) is 4.87. The molecule has 4 aliphatic heterocycles. The number of nitrogens with zero attached hydrogens (tertiary/aromatic N) is 4. The molecule has 0 unspecified atom stereocenters. The lowest BCUT2D eigenvalue weighted by Crippen LogP contribution is -2.56. The minimum atomic E-state index is -0.941. The predicted molar refractivity (Wildman–Crippen MR) is 131 cm³/mol. The average Bonchev–Trinajstić information content (AvgIpc) is 3.31. The molecule has 1 aromatic heterocycles. The SMILES string of the molecule is Nc1sc2ccc(F)cc2c1C(=O)N1CCC(N2CCCC3(C2)C(=O)N2CCCCN2C3=O)CC1. The Balaban J connectivity index is 1.15. The van der Waals surface area contributed by atoms with Crippen molar-refractivity contribution in [2.45, 2.75) is 44.6 Å². The Morgan fingerprint density at radius 1 is 1.00 bits per heavy atom. The number of benzene rings is 1. The van der Waals surface area contributed by atoms with Crippen LogP contribution in [0.25, 0.3) is 10.1 Å². The van der Waals surface area contributed by atoms with Crippen LogP contribution in [0.5, 0.6) is 0 Å². The molecule has 35 heavy (non-hydrogen) atoms. The lowest BCUT2D eigenvalue weighted by molar-refractivity contribution is -0.150. The maximum atomic E-state index is 13.8. The van der Waals surface area contributed by atoms with Crippen LogP contribution in [0.2, 0.25) is 0 Å². The van der Waals surface area contributed by atoms with Gasteiger partial charge in [-0.2, -0.15) is 0 Å². The third kappa shape index (κ3) is 3.52. The van der Waals surface area contributed by atoms with Crippen molar-refractivity contribution in [1.29, 1.82) is 0 Å². The fourth-order valence-electron chi connectivity index (χ4n) is 6.42. The van der Waals surface area contributed by atoms with Crippen LogP contribution in [0, 0.1) is 11.2 Å². The Morgan fingerprint density at radius 3 is 2.37 bits per heavy atom. The number of anilines is 1. The Kier molecular flexibility index (Phi) is 5.48. The Bertz CT molecular complexity index is 1180. The van der Waals surface area contributed by atoms with Gasteiger partial charge in [-0.15, -0.1) is 11.3 Å². The van der Waals surface area contributed by atoms with Gasteiger partial charge in [0.1, 0.15) is 11.2 Å². The molecule has 3 amide bonds. The summed E-state index contributed by atoms with van der Waals surface area (Å²) in [5.74, 6) is -0.581. The standard InChI is InChI=1S/C25H30FN5O3S/c26-16-4-5-19-18(14-16)20(21(27)35-19)22(32)28-12-6-17(7-13-28)29-9-3-8-25(15-29)23(33)30-10-1-2-11-31(30)24(25)34/h4-5,14,17H,1-3,6-13,15,27H2. The van der Waals surface area contributed by atoms with Gasteiger partial charge in [-0.3, -0.25) is 29.3 Å². The van der Waals surface area contributed by atoms with Gasteiger partial charge in [-0.05, 0) is 63.3 Å². The predicted octanol–water partition coefficient (Wildman–Crippen LogP) is 2.69. The van der Waals surface area contributed by atoms with Crippen LogP contribution in [0.15, 0.2) is 18.2 Å². The summed E-state index contributed by atoms with van der Waals surface area (Å²) < 4.78 is 14.7. The molecule has 0 atom stereocenters. The molecule has 4 aliphatic rings. The average molecular weight is 500 g/mol. The first-order valence-corrected chi connectivity index (χ1v) is 13.4. The second-order valence-electron chi connectivity index (χ2n) is 10.2. The summed E-state index contributed by atoms with van der Waals surface area (Å²) in [7, 11) is 0. The number of likely N-dealkylation sites (tertiary alicyclic amines) is 2. The van der Waals surface area contributed by atoms with Crippen molar-refractivity contribution in [2.75, 3.05) is 45.0 Å². The van der Waals surface area contributed by atoms with Gasteiger partial charge >= 0.3 is 0 Å². The minimum absolute atomic E-state index is 0.0217. The molecule has 1 aromatic carbocycles. The van der Waals surface area contributed by atoms with Crippen molar-refractivity contribution in [2.24, 2.45) is 5.41 Å². The quantitative estimate of drug-likeness (QED) is 0.642. The van der Waals surface area contributed by atoms with Gasteiger partial charge in [0, 0.05) is 48.9 Å². The van der Waals surface area contributed by atoms with E-state index in [-0.39, 0.29) is 29.6 Å². The molecule has 4 fully saturated rings. The first-order chi connectivity index (χ1) is 16.9. The smallest absolute Gasteiger partial charge is 0.258 e. The lowest BCUT2D eigenvalue weighted by atomic mass is 9.78. The zero-order chi connectivity index (χ0) is 24.3. The number of nitrogen functional groups attached to an aromatic ring is 1. The second kappa shape index (κ2) is 8.44.